The van der Waals surface area contributed by atoms with Crippen LogP contribution >= 0.6 is 23.2 Å². The van der Waals surface area contributed by atoms with Gasteiger partial charge in [0.05, 0.1) is 23.4 Å². The molecular formula is C21H16Cl2N2O4. The number of carbonyl (C=O) groups is 2. The second kappa shape index (κ2) is 9.41. The molecule has 29 heavy (non-hydrogen) atoms. The number of furan rings is 1. The van der Waals surface area contributed by atoms with Crippen molar-refractivity contribution in [1.82, 2.24) is 5.43 Å². The highest BCUT2D eigenvalue weighted by Crippen LogP contribution is 2.27. The molecule has 1 N–H and O–H groups in total. The molecule has 2 aromatic carbocycles. The van der Waals surface area contributed by atoms with Crippen molar-refractivity contribution in [3.8, 4) is 11.3 Å². The largest absolute Gasteiger partial charge is 0.462 e. The molecule has 0 aliphatic heterocycles. The number of carbonyl (C=O) groups excluding carboxylic acids is 2. The van der Waals surface area contributed by atoms with E-state index in [9.17, 15) is 9.59 Å². The van der Waals surface area contributed by atoms with Crippen molar-refractivity contribution in [2.75, 3.05) is 6.61 Å². The van der Waals surface area contributed by atoms with E-state index in [2.05, 4.69) is 10.5 Å². The third-order valence-electron chi connectivity index (χ3n) is 3.82. The summed E-state index contributed by atoms with van der Waals surface area (Å²) in [7, 11) is 0. The van der Waals surface area contributed by atoms with Crippen molar-refractivity contribution in [2.45, 2.75) is 6.92 Å². The highest BCUT2D eigenvalue weighted by atomic mass is 35.5. The SMILES string of the molecule is CCOC(=O)c1cc(-c2ccc(/C=N\NC(=O)c3cccc(Cl)c3)o2)ccc1Cl. The summed E-state index contributed by atoms with van der Waals surface area (Å²) >= 11 is 11.9. The van der Waals surface area contributed by atoms with Crippen LogP contribution in [0.1, 0.15) is 33.4 Å². The van der Waals surface area contributed by atoms with Gasteiger partial charge in [-0.25, -0.2) is 10.2 Å². The van der Waals surface area contributed by atoms with E-state index in [-0.39, 0.29) is 12.2 Å². The van der Waals surface area contributed by atoms with Gasteiger partial charge in [0.1, 0.15) is 11.5 Å². The fourth-order valence-corrected chi connectivity index (χ4v) is 2.85. The Labute approximate surface area is 177 Å². The number of benzene rings is 2. The third kappa shape index (κ3) is 5.25. The first-order valence-corrected chi connectivity index (χ1v) is 9.39. The van der Waals surface area contributed by atoms with Gasteiger partial charge in [0.2, 0.25) is 0 Å². The lowest BCUT2D eigenvalue weighted by Gasteiger charge is -2.05. The van der Waals surface area contributed by atoms with Gasteiger partial charge in [-0.05, 0) is 55.5 Å². The van der Waals surface area contributed by atoms with E-state index in [4.69, 9.17) is 32.4 Å². The van der Waals surface area contributed by atoms with E-state index < -0.39 is 11.9 Å². The normalized spacial score (nSPS) is 10.9. The number of halogens is 2. The molecule has 0 radical (unpaired) electrons. The molecule has 3 aromatic rings. The van der Waals surface area contributed by atoms with Crippen molar-refractivity contribution in [1.29, 1.82) is 0 Å². The average molecular weight is 431 g/mol. The molecule has 1 heterocycles. The zero-order valence-electron chi connectivity index (χ0n) is 15.3. The summed E-state index contributed by atoms with van der Waals surface area (Å²) in [6.07, 6.45) is 1.37. The second-order valence-electron chi connectivity index (χ2n) is 5.83. The lowest BCUT2D eigenvalue weighted by Crippen LogP contribution is -2.17. The van der Waals surface area contributed by atoms with Crippen LogP contribution in [0.5, 0.6) is 0 Å². The Bertz CT molecular complexity index is 1080. The van der Waals surface area contributed by atoms with Crippen LogP contribution in [0, 0.1) is 0 Å². The van der Waals surface area contributed by atoms with Crippen LogP contribution in [0.2, 0.25) is 10.0 Å². The number of nitrogens with one attached hydrogen (secondary N) is 1. The number of esters is 1. The highest BCUT2D eigenvalue weighted by molar-refractivity contribution is 6.33. The van der Waals surface area contributed by atoms with Crippen LogP contribution in [-0.2, 0) is 4.74 Å². The number of nitrogens with zero attached hydrogens (tertiary/aromatic N) is 1. The lowest BCUT2D eigenvalue weighted by atomic mass is 10.1. The fourth-order valence-electron chi connectivity index (χ4n) is 2.47. The quantitative estimate of drug-likeness (QED) is 0.331. The molecule has 0 saturated heterocycles. The zero-order valence-corrected chi connectivity index (χ0v) is 16.8. The van der Waals surface area contributed by atoms with E-state index in [0.717, 1.165) is 0 Å². The van der Waals surface area contributed by atoms with Crippen molar-refractivity contribution in [3.05, 3.63) is 81.5 Å². The summed E-state index contributed by atoms with van der Waals surface area (Å²) in [5, 5.41) is 4.64. The van der Waals surface area contributed by atoms with Crippen molar-refractivity contribution >= 4 is 41.3 Å². The molecular weight excluding hydrogens is 415 g/mol. The number of amides is 1. The molecule has 1 aromatic heterocycles. The van der Waals surface area contributed by atoms with Gasteiger partial charge in [-0.1, -0.05) is 29.3 Å². The molecule has 1 amide bonds. The summed E-state index contributed by atoms with van der Waals surface area (Å²) in [5.41, 5.74) is 3.70. The molecule has 0 unspecified atom stereocenters. The maximum absolute atomic E-state index is 12.0. The van der Waals surface area contributed by atoms with Crippen molar-refractivity contribution in [3.63, 3.8) is 0 Å². The molecule has 0 atom stereocenters. The number of hydrogen-bond acceptors (Lipinski definition) is 5. The van der Waals surface area contributed by atoms with Crippen LogP contribution in [0.25, 0.3) is 11.3 Å². The molecule has 148 valence electrons. The minimum absolute atomic E-state index is 0.252. The Hall–Kier alpha value is -3.09. The molecule has 3 rings (SSSR count). The Morgan fingerprint density at radius 3 is 2.72 bits per heavy atom. The molecule has 6 nitrogen and oxygen atoms in total. The first kappa shape index (κ1) is 20.6. The Balaban J connectivity index is 1.71. The first-order chi connectivity index (χ1) is 14.0. The summed E-state index contributed by atoms with van der Waals surface area (Å²) in [6, 6.07) is 14.9. The lowest BCUT2D eigenvalue weighted by molar-refractivity contribution is 0.0526. The van der Waals surface area contributed by atoms with E-state index in [0.29, 0.717) is 32.7 Å². The van der Waals surface area contributed by atoms with Crippen LogP contribution in [0.4, 0.5) is 0 Å². The minimum Gasteiger partial charge on any atom is -0.462 e. The van der Waals surface area contributed by atoms with Gasteiger partial charge in [0.15, 0.2) is 0 Å². The summed E-state index contributed by atoms with van der Waals surface area (Å²) in [5.74, 6) is 0.0255. The van der Waals surface area contributed by atoms with Crippen LogP contribution < -0.4 is 5.43 Å². The Morgan fingerprint density at radius 2 is 1.97 bits per heavy atom. The molecule has 0 aliphatic rings. The molecule has 8 heteroatoms. The first-order valence-electron chi connectivity index (χ1n) is 8.63. The topological polar surface area (TPSA) is 80.9 Å². The van der Waals surface area contributed by atoms with E-state index in [1.807, 2.05) is 0 Å². The number of ether oxygens (including phenoxy) is 1. The molecule has 0 fully saturated rings. The summed E-state index contributed by atoms with van der Waals surface area (Å²) < 4.78 is 10.7. The van der Waals surface area contributed by atoms with Gasteiger partial charge in [0, 0.05) is 16.1 Å². The van der Waals surface area contributed by atoms with Crippen LogP contribution in [-0.4, -0.2) is 24.7 Å². The maximum atomic E-state index is 12.0. The summed E-state index contributed by atoms with van der Waals surface area (Å²) in [4.78, 5) is 24.0. The fraction of sp³-hybridized carbons (Fsp3) is 0.0952. The highest BCUT2D eigenvalue weighted by Gasteiger charge is 2.14. The smallest absolute Gasteiger partial charge is 0.339 e. The van der Waals surface area contributed by atoms with E-state index in [1.54, 1.807) is 61.5 Å². The second-order valence-corrected chi connectivity index (χ2v) is 6.67. The Morgan fingerprint density at radius 1 is 1.14 bits per heavy atom. The average Bonchev–Trinajstić information content (AvgIpc) is 3.17. The summed E-state index contributed by atoms with van der Waals surface area (Å²) in [6.45, 7) is 1.97. The van der Waals surface area contributed by atoms with Gasteiger partial charge >= 0.3 is 5.97 Å². The van der Waals surface area contributed by atoms with Gasteiger partial charge in [0.25, 0.3) is 5.91 Å². The Kier molecular flexibility index (Phi) is 6.69. The van der Waals surface area contributed by atoms with Gasteiger partial charge in [-0.2, -0.15) is 5.10 Å². The van der Waals surface area contributed by atoms with Crippen LogP contribution in [0.3, 0.4) is 0 Å². The van der Waals surface area contributed by atoms with Crippen LogP contribution in [0.15, 0.2) is 64.1 Å². The van der Waals surface area contributed by atoms with Gasteiger partial charge < -0.3 is 9.15 Å². The maximum Gasteiger partial charge on any atom is 0.339 e. The predicted octanol–water partition coefficient (Wildman–Crippen LogP) is 5.19. The zero-order chi connectivity index (χ0) is 20.8. The molecule has 0 saturated carbocycles. The number of hydrogen-bond donors (Lipinski definition) is 1. The predicted molar refractivity (Wildman–Crippen MR) is 112 cm³/mol. The van der Waals surface area contributed by atoms with Gasteiger partial charge in [-0.3, -0.25) is 4.79 Å². The van der Waals surface area contributed by atoms with Gasteiger partial charge in [-0.15, -0.1) is 0 Å². The van der Waals surface area contributed by atoms with Crippen molar-refractivity contribution < 1.29 is 18.7 Å². The van der Waals surface area contributed by atoms with E-state index in [1.165, 1.54) is 6.21 Å². The number of hydrazone groups is 1. The molecule has 0 aliphatic carbocycles. The van der Waals surface area contributed by atoms with Crippen molar-refractivity contribution in [2.24, 2.45) is 5.10 Å². The molecule has 0 bridgehead atoms. The standard InChI is InChI=1S/C21H16Cl2N2O4/c1-2-28-21(27)17-11-13(6-8-18(17)23)19-9-7-16(29-19)12-24-25-20(26)14-4-3-5-15(22)10-14/h3-12H,2H2,1H3,(H,25,26)/b24-12-. The third-order valence-corrected chi connectivity index (χ3v) is 4.38. The molecule has 0 spiro atoms. The number of rotatable bonds is 6. The van der Waals surface area contributed by atoms with E-state index >= 15 is 0 Å². The minimum atomic E-state index is -0.503. The monoisotopic (exact) mass is 430 g/mol.